The van der Waals surface area contributed by atoms with E-state index in [2.05, 4.69) is 16.0 Å². The summed E-state index contributed by atoms with van der Waals surface area (Å²) in [5, 5.41) is 9.15. The third-order valence-electron chi connectivity index (χ3n) is 4.42. The SMILES string of the molecule is CCOC(=O)c1c(NC(=O)C[C@@H]2NCCNC2=O)sc2c1CCCC2. The molecule has 1 aliphatic carbocycles. The van der Waals surface area contributed by atoms with Crippen LogP contribution in [0.2, 0.25) is 0 Å². The molecule has 1 aromatic rings. The molecule has 136 valence electrons. The van der Waals surface area contributed by atoms with Gasteiger partial charge in [0, 0.05) is 18.0 Å². The minimum absolute atomic E-state index is 0.0384. The second-order valence-corrected chi connectivity index (χ2v) is 7.29. The Hall–Kier alpha value is -1.93. The summed E-state index contributed by atoms with van der Waals surface area (Å²) in [5.74, 6) is -0.832. The van der Waals surface area contributed by atoms with E-state index in [4.69, 9.17) is 4.74 Å². The number of hydrogen-bond donors (Lipinski definition) is 3. The van der Waals surface area contributed by atoms with Gasteiger partial charge in [-0.25, -0.2) is 4.79 Å². The van der Waals surface area contributed by atoms with Crippen LogP contribution in [0.5, 0.6) is 0 Å². The minimum atomic E-state index is -0.533. The van der Waals surface area contributed by atoms with Crippen molar-refractivity contribution in [3.8, 4) is 0 Å². The monoisotopic (exact) mass is 365 g/mol. The second kappa shape index (κ2) is 7.97. The Bertz CT molecular complexity index is 686. The number of piperazine rings is 1. The predicted octanol–water partition coefficient (Wildman–Crippen LogP) is 1.22. The summed E-state index contributed by atoms with van der Waals surface area (Å²) in [7, 11) is 0. The number of nitrogens with one attached hydrogen (secondary N) is 3. The van der Waals surface area contributed by atoms with Crippen LogP contribution in [-0.2, 0) is 27.2 Å². The smallest absolute Gasteiger partial charge is 0.341 e. The molecular formula is C17H23N3O4S. The quantitative estimate of drug-likeness (QED) is 0.682. The third-order valence-corrected chi connectivity index (χ3v) is 5.63. The molecule has 0 radical (unpaired) electrons. The Morgan fingerprint density at radius 3 is 2.84 bits per heavy atom. The van der Waals surface area contributed by atoms with Crippen LogP contribution in [0.15, 0.2) is 0 Å². The lowest BCUT2D eigenvalue weighted by molar-refractivity contribution is -0.127. The topological polar surface area (TPSA) is 96.5 Å². The van der Waals surface area contributed by atoms with E-state index in [0.717, 1.165) is 36.1 Å². The maximum atomic E-state index is 12.4. The Labute approximate surface area is 150 Å². The van der Waals surface area contributed by atoms with Crippen molar-refractivity contribution < 1.29 is 19.1 Å². The number of esters is 1. The first-order chi connectivity index (χ1) is 12.1. The highest BCUT2D eigenvalue weighted by atomic mass is 32.1. The van der Waals surface area contributed by atoms with E-state index in [1.165, 1.54) is 11.3 Å². The molecule has 1 aromatic heterocycles. The van der Waals surface area contributed by atoms with Crippen LogP contribution >= 0.6 is 11.3 Å². The summed E-state index contributed by atoms with van der Waals surface area (Å²) in [5.41, 5.74) is 1.51. The number of thiophene rings is 1. The summed E-state index contributed by atoms with van der Waals surface area (Å²) in [4.78, 5) is 37.7. The molecule has 0 spiro atoms. The largest absolute Gasteiger partial charge is 0.462 e. The van der Waals surface area contributed by atoms with Gasteiger partial charge < -0.3 is 20.7 Å². The molecule has 2 amide bonds. The van der Waals surface area contributed by atoms with E-state index in [-0.39, 0.29) is 24.2 Å². The zero-order valence-electron chi connectivity index (χ0n) is 14.3. The number of anilines is 1. The molecule has 0 aromatic carbocycles. The van der Waals surface area contributed by atoms with Crippen molar-refractivity contribution >= 4 is 34.1 Å². The average molecular weight is 365 g/mol. The van der Waals surface area contributed by atoms with Crippen LogP contribution in [0.25, 0.3) is 0 Å². The first-order valence-electron chi connectivity index (χ1n) is 8.72. The van der Waals surface area contributed by atoms with E-state index < -0.39 is 6.04 Å². The molecule has 3 rings (SSSR count). The zero-order chi connectivity index (χ0) is 17.8. The van der Waals surface area contributed by atoms with Gasteiger partial charge in [0.25, 0.3) is 0 Å². The molecule has 2 heterocycles. The Kier molecular flexibility index (Phi) is 5.70. The van der Waals surface area contributed by atoms with Crippen molar-refractivity contribution in [1.29, 1.82) is 0 Å². The van der Waals surface area contributed by atoms with Gasteiger partial charge in [-0.1, -0.05) is 0 Å². The van der Waals surface area contributed by atoms with Gasteiger partial charge in [-0.05, 0) is 38.2 Å². The van der Waals surface area contributed by atoms with Crippen LogP contribution in [0.1, 0.15) is 47.0 Å². The van der Waals surface area contributed by atoms with Gasteiger partial charge in [0.1, 0.15) is 5.00 Å². The number of aryl methyl sites for hydroxylation is 1. The highest BCUT2D eigenvalue weighted by molar-refractivity contribution is 7.17. The van der Waals surface area contributed by atoms with E-state index in [1.54, 1.807) is 6.92 Å². The second-order valence-electron chi connectivity index (χ2n) is 6.19. The Balaban J connectivity index is 1.76. The minimum Gasteiger partial charge on any atom is -0.462 e. The number of carbonyl (C=O) groups is 3. The number of ether oxygens (including phenoxy) is 1. The molecule has 0 saturated carbocycles. The van der Waals surface area contributed by atoms with Crippen LogP contribution in [0.3, 0.4) is 0 Å². The molecular weight excluding hydrogens is 342 g/mol. The fourth-order valence-electron chi connectivity index (χ4n) is 3.25. The summed E-state index contributed by atoms with van der Waals surface area (Å²) in [6.45, 7) is 3.28. The van der Waals surface area contributed by atoms with E-state index in [1.807, 2.05) is 0 Å². The van der Waals surface area contributed by atoms with Gasteiger partial charge in [-0.15, -0.1) is 11.3 Å². The average Bonchev–Trinajstić information content (AvgIpc) is 2.95. The number of carbonyl (C=O) groups excluding carboxylic acids is 3. The maximum Gasteiger partial charge on any atom is 0.341 e. The Morgan fingerprint density at radius 2 is 2.08 bits per heavy atom. The number of hydrogen-bond acceptors (Lipinski definition) is 6. The Morgan fingerprint density at radius 1 is 1.28 bits per heavy atom. The standard InChI is InChI=1S/C17H23N3O4S/c1-2-24-17(23)14-10-5-3-4-6-12(10)25-16(14)20-13(21)9-11-15(22)19-8-7-18-11/h11,18H,2-9H2,1H3,(H,19,22)(H,20,21)/t11-/m0/s1. The lowest BCUT2D eigenvalue weighted by Gasteiger charge is -2.22. The third kappa shape index (κ3) is 4.01. The fraction of sp³-hybridized carbons (Fsp3) is 0.588. The molecule has 7 nitrogen and oxygen atoms in total. The van der Waals surface area contributed by atoms with Crippen molar-refractivity contribution in [2.24, 2.45) is 0 Å². The summed E-state index contributed by atoms with van der Waals surface area (Å²) < 4.78 is 5.18. The molecule has 1 atom stereocenters. The molecule has 2 aliphatic rings. The lowest BCUT2D eigenvalue weighted by atomic mass is 9.95. The van der Waals surface area contributed by atoms with Gasteiger partial charge in [0.2, 0.25) is 11.8 Å². The highest BCUT2D eigenvalue weighted by Gasteiger charge is 2.29. The van der Waals surface area contributed by atoms with Crippen LogP contribution in [-0.4, -0.2) is 43.5 Å². The first kappa shape index (κ1) is 17.9. The van der Waals surface area contributed by atoms with Crippen molar-refractivity contribution in [3.05, 3.63) is 16.0 Å². The first-order valence-corrected chi connectivity index (χ1v) is 9.54. The molecule has 8 heteroatoms. The van der Waals surface area contributed by atoms with E-state index in [9.17, 15) is 14.4 Å². The maximum absolute atomic E-state index is 12.4. The van der Waals surface area contributed by atoms with E-state index in [0.29, 0.717) is 30.3 Å². The molecule has 0 unspecified atom stereocenters. The zero-order valence-corrected chi connectivity index (χ0v) is 15.1. The number of rotatable bonds is 5. The fourth-order valence-corrected chi connectivity index (χ4v) is 4.54. The van der Waals surface area contributed by atoms with Crippen molar-refractivity contribution in [2.75, 3.05) is 25.0 Å². The predicted molar refractivity (Wildman–Crippen MR) is 95.0 cm³/mol. The van der Waals surface area contributed by atoms with Gasteiger partial charge in [0.15, 0.2) is 0 Å². The molecule has 1 fully saturated rings. The molecule has 25 heavy (non-hydrogen) atoms. The van der Waals surface area contributed by atoms with Gasteiger partial charge >= 0.3 is 5.97 Å². The molecule has 3 N–H and O–H groups in total. The van der Waals surface area contributed by atoms with Gasteiger partial charge in [-0.2, -0.15) is 0 Å². The molecule has 0 bridgehead atoms. The summed E-state index contributed by atoms with van der Waals surface area (Å²) in [6, 6.07) is -0.533. The van der Waals surface area contributed by atoms with Gasteiger partial charge in [0.05, 0.1) is 24.6 Å². The van der Waals surface area contributed by atoms with E-state index >= 15 is 0 Å². The lowest BCUT2D eigenvalue weighted by Crippen LogP contribution is -2.53. The van der Waals surface area contributed by atoms with Crippen molar-refractivity contribution in [1.82, 2.24) is 10.6 Å². The van der Waals surface area contributed by atoms with Crippen LogP contribution in [0.4, 0.5) is 5.00 Å². The van der Waals surface area contributed by atoms with Crippen LogP contribution < -0.4 is 16.0 Å². The number of fused-ring (bicyclic) bond motifs is 1. The van der Waals surface area contributed by atoms with Crippen molar-refractivity contribution in [3.63, 3.8) is 0 Å². The highest BCUT2D eigenvalue weighted by Crippen LogP contribution is 2.38. The van der Waals surface area contributed by atoms with Crippen molar-refractivity contribution in [2.45, 2.75) is 45.1 Å². The number of amides is 2. The van der Waals surface area contributed by atoms with Crippen LogP contribution in [0, 0.1) is 0 Å². The normalized spacial score (nSPS) is 19.7. The van der Waals surface area contributed by atoms with Gasteiger partial charge in [-0.3, -0.25) is 9.59 Å². The summed E-state index contributed by atoms with van der Waals surface area (Å²) in [6.07, 6.45) is 3.93. The summed E-state index contributed by atoms with van der Waals surface area (Å²) >= 11 is 1.45. The molecule has 1 saturated heterocycles. The molecule has 1 aliphatic heterocycles.